The zero-order valence-electron chi connectivity index (χ0n) is 15.4. The molecule has 3 aromatic rings. The van der Waals surface area contributed by atoms with E-state index in [-0.39, 0.29) is 29.3 Å². The summed E-state index contributed by atoms with van der Waals surface area (Å²) in [5.74, 6) is -0.426. The lowest BCUT2D eigenvalue weighted by Gasteiger charge is -2.17. The lowest BCUT2D eigenvalue weighted by molar-refractivity contribution is 0.0935. The lowest BCUT2D eigenvalue weighted by Crippen LogP contribution is -2.36. The maximum atomic E-state index is 13.0. The van der Waals surface area contributed by atoms with E-state index in [2.05, 4.69) is 16.9 Å². The molecule has 0 aliphatic carbocycles. The summed E-state index contributed by atoms with van der Waals surface area (Å²) in [5.41, 5.74) is 0.736. The van der Waals surface area contributed by atoms with Gasteiger partial charge in [0.15, 0.2) is 0 Å². The topological polar surface area (TPSA) is 101 Å². The molecule has 1 amide bonds. The van der Waals surface area contributed by atoms with Gasteiger partial charge in [-0.1, -0.05) is 12.1 Å². The zero-order chi connectivity index (χ0) is 19.7. The Labute approximate surface area is 160 Å². The Morgan fingerprint density at radius 3 is 3.07 bits per heavy atom. The van der Waals surface area contributed by atoms with Crippen molar-refractivity contribution in [2.24, 2.45) is 0 Å². The number of pyridine rings is 2. The number of carbonyl (C=O) groups excluding carboxylic acids is 1. The number of rotatable bonds is 5. The molecule has 0 unspecified atom stereocenters. The number of nitrogens with one attached hydrogen (secondary N) is 2. The second kappa shape index (κ2) is 7.40. The highest BCUT2D eigenvalue weighted by Gasteiger charge is 2.21. The van der Waals surface area contributed by atoms with E-state index in [9.17, 15) is 9.59 Å². The van der Waals surface area contributed by atoms with Gasteiger partial charge < -0.3 is 14.6 Å². The van der Waals surface area contributed by atoms with Crippen molar-refractivity contribution in [3.8, 4) is 0 Å². The number of fused-ring (bicyclic) bond motifs is 2. The molecule has 144 valence electrons. The first kappa shape index (κ1) is 18.1. The van der Waals surface area contributed by atoms with Crippen LogP contribution in [0.25, 0.3) is 16.7 Å². The zero-order valence-corrected chi connectivity index (χ0v) is 15.4. The molecule has 0 bridgehead atoms. The Hall–Kier alpha value is -3.26. The molecule has 0 saturated carbocycles. The number of nitrogens with zero attached hydrogens (tertiary/aromatic N) is 3. The van der Waals surface area contributed by atoms with Crippen LogP contribution < -0.4 is 16.4 Å². The Morgan fingerprint density at radius 1 is 1.46 bits per heavy atom. The third-order valence-corrected chi connectivity index (χ3v) is 4.88. The van der Waals surface area contributed by atoms with Crippen molar-refractivity contribution in [2.45, 2.75) is 25.5 Å². The molecule has 1 fully saturated rings. The first-order valence-corrected chi connectivity index (χ1v) is 9.20. The van der Waals surface area contributed by atoms with E-state index in [1.165, 1.54) is 10.5 Å². The van der Waals surface area contributed by atoms with Gasteiger partial charge in [-0.25, -0.2) is 4.98 Å². The molecule has 1 aliphatic heterocycles. The van der Waals surface area contributed by atoms with E-state index in [1.54, 1.807) is 35.0 Å². The van der Waals surface area contributed by atoms with Gasteiger partial charge in [-0.15, -0.1) is 6.58 Å². The molecule has 1 saturated heterocycles. The van der Waals surface area contributed by atoms with Gasteiger partial charge in [0.2, 0.25) is 0 Å². The Kier molecular flexibility index (Phi) is 4.79. The first-order valence-electron chi connectivity index (χ1n) is 9.20. The number of ether oxygens (including phenoxy) is 1. The van der Waals surface area contributed by atoms with Crippen molar-refractivity contribution in [3.63, 3.8) is 0 Å². The Morgan fingerprint density at radius 2 is 2.32 bits per heavy atom. The molecular weight excluding hydrogens is 358 g/mol. The third-order valence-electron chi connectivity index (χ3n) is 4.88. The lowest BCUT2D eigenvalue weighted by atomic mass is 10.1. The highest BCUT2D eigenvalue weighted by molar-refractivity contribution is 5.96. The fourth-order valence-electron chi connectivity index (χ4n) is 3.49. The van der Waals surface area contributed by atoms with Crippen molar-refractivity contribution in [1.82, 2.24) is 19.3 Å². The molecule has 8 heteroatoms. The Bertz CT molecular complexity index is 1190. The molecule has 28 heavy (non-hydrogen) atoms. The van der Waals surface area contributed by atoms with E-state index in [1.807, 2.05) is 0 Å². The summed E-state index contributed by atoms with van der Waals surface area (Å²) in [6, 6.07) is 6.75. The van der Waals surface area contributed by atoms with Gasteiger partial charge >= 0.3 is 0 Å². The maximum Gasteiger partial charge on any atom is 0.267 e. The van der Waals surface area contributed by atoms with Crippen LogP contribution in [0.1, 0.15) is 23.2 Å². The second-order valence-corrected chi connectivity index (χ2v) is 6.73. The summed E-state index contributed by atoms with van der Waals surface area (Å²) in [6.45, 7) is 4.91. The molecule has 1 aliphatic rings. The molecule has 2 N–H and O–H groups in total. The predicted molar refractivity (Wildman–Crippen MR) is 104 cm³/mol. The average molecular weight is 379 g/mol. The van der Waals surface area contributed by atoms with E-state index in [0.29, 0.717) is 29.8 Å². The summed E-state index contributed by atoms with van der Waals surface area (Å²) in [5, 5.41) is 11.6. The number of aromatic nitrogens is 3. The van der Waals surface area contributed by atoms with Crippen molar-refractivity contribution in [3.05, 3.63) is 64.5 Å². The van der Waals surface area contributed by atoms with Gasteiger partial charge in [-0.2, -0.15) is 0 Å². The highest BCUT2D eigenvalue weighted by atomic mass is 16.5. The van der Waals surface area contributed by atoms with Gasteiger partial charge in [-0.3, -0.25) is 19.4 Å². The van der Waals surface area contributed by atoms with Crippen molar-refractivity contribution in [1.29, 1.82) is 5.41 Å². The van der Waals surface area contributed by atoms with Crippen molar-refractivity contribution < 1.29 is 9.53 Å². The molecule has 4 heterocycles. The minimum absolute atomic E-state index is 0.0109. The molecular formula is C20H21N5O3. The monoisotopic (exact) mass is 379 g/mol. The molecule has 0 aromatic carbocycles. The van der Waals surface area contributed by atoms with Gasteiger partial charge in [0, 0.05) is 19.3 Å². The number of amides is 1. The van der Waals surface area contributed by atoms with Crippen molar-refractivity contribution in [2.75, 3.05) is 13.2 Å². The number of carbonyl (C=O) groups is 1. The van der Waals surface area contributed by atoms with Crippen LogP contribution >= 0.6 is 0 Å². The van der Waals surface area contributed by atoms with E-state index < -0.39 is 5.91 Å². The molecule has 8 nitrogen and oxygen atoms in total. The third kappa shape index (κ3) is 3.11. The second-order valence-electron chi connectivity index (χ2n) is 6.73. The van der Waals surface area contributed by atoms with Crippen LogP contribution in [0.4, 0.5) is 0 Å². The summed E-state index contributed by atoms with van der Waals surface area (Å²) in [6.07, 6.45) is 4.95. The smallest absolute Gasteiger partial charge is 0.267 e. The normalized spacial score (nSPS) is 16.5. The number of hydrogen-bond donors (Lipinski definition) is 2. The van der Waals surface area contributed by atoms with Crippen LogP contribution in [-0.2, 0) is 11.3 Å². The van der Waals surface area contributed by atoms with Crippen LogP contribution in [0.15, 0.2) is 47.9 Å². The van der Waals surface area contributed by atoms with E-state index >= 15 is 0 Å². The molecule has 1 atom stereocenters. The van der Waals surface area contributed by atoms with Crippen LogP contribution in [0, 0.1) is 5.41 Å². The van der Waals surface area contributed by atoms with Gasteiger partial charge in [0.05, 0.1) is 23.6 Å². The summed E-state index contributed by atoms with van der Waals surface area (Å²) in [7, 11) is 0. The fraction of sp³-hybridized carbons (Fsp3) is 0.300. The average Bonchev–Trinajstić information content (AvgIpc) is 3.22. The van der Waals surface area contributed by atoms with E-state index in [0.717, 1.165) is 12.8 Å². The molecule has 3 aromatic heterocycles. The molecule has 4 rings (SSSR count). The van der Waals surface area contributed by atoms with Gasteiger partial charge in [0.1, 0.15) is 16.8 Å². The van der Waals surface area contributed by atoms with Crippen LogP contribution in [-0.4, -0.2) is 39.1 Å². The minimum Gasteiger partial charge on any atom is -0.376 e. The van der Waals surface area contributed by atoms with Gasteiger partial charge in [0.25, 0.3) is 11.5 Å². The molecule has 0 spiro atoms. The summed E-state index contributed by atoms with van der Waals surface area (Å²) in [4.78, 5) is 30.2. The standard InChI is InChI=1S/C20H21N5O3/c1-2-8-22-19(26)14-11-15-18(23-16-7-3-4-9-24(16)20(15)27)25(17(14)21)12-13-6-5-10-28-13/h2-4,7,9,11,13,21H,1,5-6,8,10,12H2,(H,22,26)/t13-/m0/s1. The first-order chi connectivity index (χ1) is 13.6. The van der Waals surface area contributed by atoms with Crippen LogP contribution in [0.2, 0.25) is 0 Å². The molecule has 0 radical (unpaired) electrons. The van der Waals surface area contributed by atoms with Crippen molar-refractivity contribution >= 4 is 22.6 Å². The van der Waals surface area contributed by atoms with Crippen LogP contribution in [0.5, 0.6) is 0 Å². The SMILES string of the molecule is C=CCNC(=O)c1cc2c(=O)n3ccccc3nc2n(C[C@@H]2CCCO2)c1=N. The van der Waals surface area contributed by atoms with Gasteiger partial charge in [-0.05, 0) is 31.0 Å². The highest BCUT2D eigenvalue weighted by Crippen LogP contribution is 2.16. The van der Waals surface area contributed by atoms with Crippen LogP contribution in [0.3, 0.4) is 0 Å². The van der Waals surface area contributed by atoms with E-state index in [4.69, 9.17) is 10.1 Å². The largest absolute Gasteiger partial charge is 0.376 e. The minimum atomic E-state index is -0.426. The number of hydrogen-bond acceptors (Lipinski definition) is 5. The maximum absolute atomic E-state index is 13.0. The quantitative estimate of drug-likeness (QED) is 0.514. The predicted octanol–water partition coefficient (Wildman–Crippen LogP) is 1.22. The summed E-state index contributed by atoms with van der Waals surface area (Å²) >= 11 is 0. The summed E-state index contributed by atoms with van der Waals surface area (Å²) < 4.78 is 8.77. The fourth-order valence-corrected chi connectivity index (χ4v) is 3.49. The Balaban J connectivity index is 1.99.